The molecule has 0 bridgehead atoms. The molecule has 1 unspecified atom stereocenters. The Morgan fingerprint density at radius 3 is 2.38 bits per heavy atom. The molecule has 3 N–H and O–H groups in total. The average Bonchev–Trinajstić information content (AvgIpc) is 2.46. The molecule has 0 fully saturated rings. The molecule has 1 amide bonds. The summed E-state index contributed by atoms with van der Waals surface area (Å²) in [4.78, 5) is 22.5. The Bertz CT molecular complexity index is 452. The minimum absolute atomic E-state index is 0. The Labute approximate surface area is 129 Å². The van der Waals surface area contributed by atoms with Gasteiger partial charge < -0.3 is 25.3 Å². The van der Waals surface area contributed by atoms with Gasteiger partial charge in [0.25, 0.3) is 0 Å². The number of benzene rings is 1. The predicted octanol–water partition coefficient (Wildman–Crippen LogP) is 0.572. The van der Waals surface area contributed by atoms with Crippen molar-refractivity contribution in [2.75, 3.05) is 32.8 Å². The van der Waals surface area contributed by atoms with Crippen LogP contribution in [0.4, 0.5) is 5.69 Å². The van der Waals surface area contributed by atoms with Crippen LogP contribution < -0.4 is 15.8 Å². The number of rotatable bonds is 7. The van der Waals surface area contributed by atoms with E-state index in [1.807, 2.05) is 0 Å². The van der Waals surface area contributed by atoms with Crippen LogP contribution in [0.1, 0.15) is 0 Å². The zero-order valence-electron chi connectivity index (χ0n) is 11.8. The van der Waals surface area contributed by atoms with Gasteiger partial charge in [-0.25, -0.2) is 4.79 Å². The van der Waals surface area contributed by atoms with Crippen LogP contribution >= 0.6 is 12.4 Å². The van der Waals surface area contributed by atoms with Crippen molar-refractivity contribution in [1.29, 1.82) is 0 Å². The number of hydrogen-bond acceptors (Lipinski definition) is 6. The second-order valence-electron chi connectivity index (χ2n) is 3.94. The normalized spacial score (nSPS) is 11.0. The number of amides is 1. The molecule has 1 aromatic carbocycles. The van der Waals surface area contributed by atoms with E-state index < -0.39 is 12.0 Å². The molecule has 0 aliphatic heterocycles. The average molecular weight is 319 g/mol. The third kappa shape index (κ3) is 6.94. The van der Waals surface area contributed by atoms with E-state index in [0.29, 0.717) is 11.4 Å². The fourth-order valence-electron chi connectivity index (χ4n) is 1.33. The smallest absolute Gasteiger partial charge is 0.343 e. The first kappa shape index (κ1) is 19.2. The molecule has 0 saturated carbocycles. The van der Waals surface area contributed by atoms with Gasteiger partial charge >= 0.3 is 5.97 Å². The van der Waals surface area contributed by atoms with Gasteiger partial charge in [0, 0.05) is 12.8 Å². The zero-order chi connectivity index (χ0) is 15.0. The predicted molar refractivity (Wildman–Crippen MR) is 79.7 cm³/mol. The van der Waals surface area contributed by atoms with Crippen LogP contribution in [-0.4, -0.2) is 45.4 Å². The molecule has 1 rings (SSSR count). The lowest BCUT2D eigenvalue weighted by atomic mass is 10.2. The van der Waals surface area contributed by atoms with Crippen LogP contribution in [0.2, 0.25) is 0 Å². The summed E-state index contributed by atoms with van der Waals surface area (Å²) in [5.74, 6) is -0.308. The lowest BCUT2D eigenvalue weighted by Gasteiger charge is -2.11. The molecule has 0 saturated heterocycles. The molecule has 0 spiro atoms. The van der Waals surface area contributed by atoms with E-state index in [1.165, 1.54) is 14.2 Å². The maximum atomic E-state index is 11.6. The summed E-state index contributed by atoms with van der Waals surface area (Å²) in [6, 6.07) is 5.81. The monoisotopic (exact) mass is 318 g/mol. The highest BCUT2D eigenvalue weighted by Gasteiger charge is 2.13. The number of hydrogen-bond donors (Lipinski definition) is 2. The summed E-state index contributed by atoms with van der Waals surface area (Å²) < 4.78 is 14.4. The van der Waals surface area contributed by atoms with Crippen LogP contribution in [0.5, 0.6) is 5.75 Å². The number of ether oxygens (including phenoxy) is 3. The maximum Gasteiger partial charge on any atom is 0.343 e. The summed E-state index contributed by atoms with van der Waals surface area (Å²) in [5.41, 5.74) is 6.16. The number of nitrogens with one attached hydrogen (secondary N) is 1. The first-order chi connectivity index (χ1) is 9.56. The van der Waals surface area contributed by atoms with Crippen LogP contribution in [0.25, 0.3) is 0 Å². The molecule has 1 atom stereocenters. The standard InChI is InChI=1S/C13H18N2O5.ClH/c1-18-7-11(14)13(17)15-9-3-5-10(6-4-9)20-8-12(16)19-2;/h3-6,11H,7-8,14H2,1-2H3,(H,15,17);1H. The number of anilines is 1. The van der Waals surface area contributed by atoms with Gasteiger partial charge in [-0.3, -0.25) is 4.79 Å². The minimum atomic E-state index is -0.727. The Kier molecular flexibility index (Phi) is 9.11. The third-order valence-electron chi connectivity index (χ3n) is 2.39. The minimum Gasteiger partial charge on any atom is -0.482 e. The van der Waals surface area contributed by atoms with Crippen LogP contribution in [-0.2, 0) is 19.1 Å². The van der Waals surface area contributed by atoms with Gasteiger partial charge in [0.05, 0.1) is 13.7 Å². The summed E-state index contributed by atoms with van der Waals surface area (Å²) in [5, 5.41) is 2.64. The molecule has 0 radical (unpaired) electrons. The summed E-state index contributed by atoms with van der Waals surface area (Å²) in [6.45, 7) is -0.0208. The second kappa shape index (κ2) is 9.98. The molecule has 0 aliphatic rings. The molecule has 8 heteroatoms. The third-order valence-corrected chi connectivity index (χ3v) is 2.39. The number of halogens is 1. The number of carbonyl (C=O) groups excluding carboxylic acids is 2. The molecule has 21 heavy (non-hydrogen) atoms. The van der Waals surface area contributed by atoms with E-state index in [-0.39, 0.29) is 31.5 Å². The van der Waals surface area contributed by atoms with Crippen molar-refractivity contribution in [1.82, 2.24) is 0 Å². The van der Waals surface area contributed by atoms with Crippen LogP contribution in [0.15, 0.2) is 24.3 Å². The van der Waals surface area contributed by atoms with Crippen molar-refractivity contribution in [2.45, 2.75) is 6.04 Å². The highest BCUT2D eigenvalue weighted by Crippen LogP contribution is 2.15. The molecule has 7 nitrogen and oxygen atoms in total. The Hall–Kier alpha value is -1.83. The molecular formula is C13H19ClN2O5. The van der Waals surface area contributed by atoms with E-state index in [9.17, 15) is 9.59 Å². The van der Waals surface area contributed by atoms with Crippen LogP contribution in [0, 0.1) is 0 Å². The van der Waals surface area contributed by atoms with Gasteiger partial charge in [-0.15, -0.1) is 12.4 Å². The summed E-state index contributed by atoms with van der Waals surface area (Å²) in [7, 11) is 2.76. The molecule has 1 aromatic rings. The maximum absolute atomic E-state index is 11.6. The van der Waals surface area contributed by atoms with Crippen LogP contribution in [0.3, 0.4) is 0 Å². The van der Waals surface area contributed by atoms with Gasteiger partial charge in [0.15, 0.2) is 6.61 Å². The molecule has 0 aromatic heterocycles. The topological polar surface area (TPSA) is 99.9 Å². The number of esters is 1. The first-order valence-corrected chi connectivity index (χ1v) is 5.92. The molecule has 0 aliphatic carbocycles. The van der Waals surface area contributed by atoms with E-state index in [2.05, 4.69) is 10.1 Å². The van der Waals surface area contributed by atoms with Gasteiger partial charge in [0.2, 0.25) is 5.91 Å². The van der Waals surface area contributed by atoms with E-state index in [4.69, 9.17) is 15.2 Å². The van der Waals surface area contributed by atoms with Gasteiger partial charge in [0.1, 0.15) is 11.8 Å². The van der Waals surface area contributed by atoms with E-state index >= 15 is 0 Å². The van der Waals surface area contributed by atoms with E-state index in [1.54, 1.807) is 24.3 Å². The van der Waals surface area contributed by atoms with Crippen molar-refractivity contribution < 1.29 is 23.8 Å². The van der Waals surface area contributed by atoms with Crippen molar-refractivity contribution in [3.8, 4) is 5.75 Å². The molecule has 0 heterocycles. The Morgan fingerprint density at radius 2 is 1.86 bits per heavy atom. The number of carbonyl (C=O) groups is 2. The largest absolute Gasteiger partial charge is 0.482 e. The Balaban J connectivity index is 0.00000400. The van der Waals surface area contributed by atoms with Gasteiger partial charge in [-0.1, -0.05) is 0 Å². The molecular weight excluding hydrogens is 300 g/mol. The SMILES string of the molecule is COCC(N)C(=O)Nc1ccc(OCC(=O)OC)cc1.Cl. The summed E-state index contributed by atoms with van der Waals surface area (Å²) >= 11 is 0. The highest BCUT2D eigenvalue weighted by molar-refractivity contribution is 5.94. The quantitative estimate of drug-likeness (QED) is 0.713. The van der Waals surface area contributed by atoms with Gasteiger partial charge in [-0.2, -0.15) is 0 Å². The lowest BCUT2D eigenvalue weighted by molar-refractivity contribution is -0.142. The van der Waals surface area contributed by atoms with Crippen molar-refractivity contribution in [2.24, 2.45) is 5.73 Å². The highest BCUT2D eigenvalue weighted by atomic mass is 35.5. The fourth-order valence-corrected chi connectivity index (χ4v) is 1.33. The van der Waals surface area contributed by atoms with Gasteiger partial charge in [-0.05, 0) is 24.3 Å². The summed E-state index contributed by atoms with van der Waals surface area (Å²) in [6.07, 6.45) is 0. The Morgan fingerprint density at radius 1 is 1.24 bits per heavy atom. The fraction of sp³-hybridized carbons (Fsp3) is 0.385. The van der Waals surface area contributed by atoms with Crippen molar-refractivity contribution >= 4 is 30.0 Å². The molecule has 118 valence electrons. The van der Waals surface area contributed by atoms with Crippen molar-refractivity contribution in [3.63, 3.8) is 0 Å². The zero-order valence-corrected chi connectivity index (χ0v) is 12.6. The lowest BCUT2D eigenvalue weighted by Crippen LogP contribution is -2.39. The van der Waals surface area contributed by atoms with E-state index in [0.717, 1.165) is 0 Å². The first-order valence-electron chi connectivity index (χ1n) is 5.92. The number of nitrogens with two attached hydrogens (primary N) is 1. The number of methoxy groups -OCH3 is 2. The second-order valence-corrected chi connectivity index (χ2v) is 3.94. The van der Waals surface area contributed by atoms with Crippen molar-refractivity contribution in [3.05, 3.63) is 24.3 Å².